The summed E-state index contributed by atoms with van der Waals surface area (Å²) in [5.74, 6) is 1.10. The summed E-state index contributed by atoms with van der Waals surface area (Å²) in [6, 6.07) is -0.611. The Hall–Kier alpha value is -1.63. The van der Waals surface area contributed by atoms with Crippen LogP contribution in [0.1, 0.15) is 77.0 Å². The number of ether oxygens (including phenoxy) is 1. The highest BCUT2D eigenvalue weighted by atomic mass is 16.5. The van der Waals surface area contributed by atoms with Crippen molar-refractivity contribution in [3.63, 3.8) is 0 Å². The molecule has 1 aliphatic heterocycles. The predicted octanol–water partition coefficient (Wildman–Crippen LogP) is 2.16. The first-order chi connectivity index (χ1) is 14.9. The Morgan fingerprint density at radius 3 is 2.16 bits per heavy atom. The standard InChI is InChI=1S/C24H36N2O5/c27-19-9-20(22(29)31-14-21(28)25-18-4-2-1-3-5-18)26(13-19)23(30)24-10-15-6-16(11-24)8-17(7-15)12-24/h15-20,27H,1-14H2,(H,25,28). The molecule has 0 aromatic heterocycles. The lowest BCUT2D eigenvalue weighted by atomic mass is 9.49. The van der Waals surface area contributed by atoms with Gasteiger partial charge in [0.2, 0.25) is 5.91 Å². The average Bonchev–Trinajstić information content (AvgIpc) is 3.13. The number of rotatable bonds is 5. The number of carbonyl (C=O) groups excluding carboxylic acids is 3. The van der Waals surface area contributed by atoms with E-state index in [1.165, 1.54) is 25.7 Å². The lowest BCUT2D eigenvalue weighted by Gasteiger charge is -2.56. The molecule has 7 heteroatoms. The van der Waals surface area contributed by atoms with Gasteiger partial charge < -0.3 is 20.1 Å². The third-order valence-electron chi connectivity index (χ3n) is 8.62. The molecular formula is C24H36N2O5. The molecular weight excluding hydrogens is 396 g/mol. The summed E-state index contributed by atoms with van der Waals surface area (Å²) in [7, 11) is 0. The smallest absolute Gasteiger partial charge is 0.329 e. The summed E-state index contributed by atoms with van der Waals surface area (Å²) in [6.45, 7) is -0.129. The van der Waals surface area contributed by atoms with E-state index in [4.69, 9.17) is 4.74 Å². The second-order valence-corrected chi connectivity index (χ2v) is 11.1. The maximum absolute atomic E-state index is 13.7. The van der Waals surface area contributed by atoms with Crippen LogP contribution in [0.15, 0.2) is 0 Å². The Kier molecular flexibility index (Phi) is 5.74. The Balaban J connectivity index is 1.20. The van der Waals surface area contributed by atoms with Crippen molar-refractivity contribution in [2.75, 3.05) is 13.2 Å². The van der Waals surface area contributed by atoms with E-state index in [1.807, 2.05) is 0 Å². The third-order valence-corrected chi connectivity index (χ3v) is 8.62. The molecule has 2 N–H and O–H groups in total. The van der Waals surface area contributed by atoms with Crippen LogP contribution in [-0.4, -0.2) is 59.1 Å². The summed E-state index contributed by atoms with van der Waals surface area (Å²) >= 11 is 0. The molecule has 4 bridgehead atoms. The highest BCUT2D eigenvalue weighted by Crippen LogP contribution is 2.60. The number of hydrogen-bond donors (Lipinski definition) is 2. The van der Waals surface area contributed by atoms with Gasteiger partial charge in [0.05, 0.1) is 11.5 Å². The first-order valence-corrected chi connectivity index (χ1v) is 12.4. The van der Waals surface area contributed by atoms with Gasteiger partial charge in [-0.3, -0.25) is 9.59 Å². The van der Waals surface area contributed by atoms with Crippen molar-refractivity contribution in [3.8, 4) is 0 Å². The lowest BCUT2D eigenvalue weighted by molar-refractivity contribution is -0.166. The van der Waals surface area contributed by atoms with Crippen molar-refractivity contribution in [2.24, 2.45) is 23.2 Å². The van der Waals surface area contributed by atoms with Crippen LogP contribution in [0.5, 0.6) is 0 Å². The van der Waals surface area contributed by atoms with Crippen LogP contribution >= 0.6 is 0 Å². The van der Waals surface area contributed by atoms with Crippen LogP contribution < -0.4 is 5.32 Å². The van der Waals surface area contributed by atoms with Crippen LogP contribution in [0.3, 0.4) is 0 Å². The predicted molar refractivity (Wildman–Crippen MR) is 113 cm³/mol. The first-order valence-electron chi connectivity index (χ1n) is 12.4. The van der Waals surface area contributed by atoms with Gasteiger partial charge >= 0.3 is 5.97 Å². The maximum Gasteiger partial charge on any atom is 0.329 e. The van der Waals surface area contributed by atoms with Gasteiger partial charge in [-0.2, -0.15) is 0 Å². The first kappa shape index (κ1) is 21.2. The second-order valence-electron chi connectivity index (χ2n) is 11.1. The van der Waals surface area contributed by atoms with E-state index >= 15 is 0 Å². The second kappa shape index (κ2) is 8.38. The van der Waals surface area contributed by atoms with Crippen molar-refractivity contribution in [1.29, 1.82) is 0 Å². The van der Waals surface area contributed by atoms with Gasteiger partial charge in [0, 0.05) is 19.0 Å². The van der Waals surface area contributed by atoms with Gasteiger partial charge in [-0.15, -0.1) is 0 Å². The van der Waals surface area contributed by atoms with Crippen molar-refractivity contribution in [3.05, 3.63) is 0 Å². The highest BCUT2D eigenvalue weighted by Gasteiger charge is 2.57. The number of aliphatic hydroxyl groups excluding tert-OH is 1. The monoisotopic (exact) mass is 432 g/mol. The van der Waals surface area contributed by atoms with Gasteiger partial charge in [0.15, 0.2) is 6.61 Å². The number of nitrogens with zero attached hydrogens (tertiary/aromatic N) is 1. The summed E-state index contributed by atoms with van der Waals surface area (Å²) in [5, 5.41) is 13.2. The summed E-state index contributed by atoms with van der Waals surface area (Å²) < 4.78 is 5.32. The number of amides is 2. The van der Waals surface area contributed by atoms with E-state index in [0.29, 0.717) is 17.8 Å². The highest BCUT2D eigenvalue weighted by molar-refractivity contribution is 5.90. The van der Waals surface area contributed by atoms with Gasteiger partial charge in [0.25, 0.3) is 5.91 Å². The topological polar surface area (TPSA) is 95.9 Å². The fraction of sp³-hybridized carbons (Fsp3) is 0.875. The Morgan fingerprint density at radius 1 is 0.935 bits per heavy atom. The van der Waals surface area contributed by atoms with Gasteiger partial charge in [-0.25, -0.2) is 4.79 Å². The molecule has 0 aromatic rings. The lowest BCUT2D eigenvalue weighted by Crippen LogP contribution is -2.56. The zero-order valence-electron chi connectivity index (χ0n) is 18.4. The molecule has 6 aliphatic rings. The van der Waals surface area contributed by atoms with Crippen LogP contribution in [0.4, 0.5) is 0 Å². The largest absolute Gasteiger partial charge is 0.454 e. The maximum atomic E-state index is 13.7. The van der Waals surface area contributed by atoms with Crippen LogP contribution in [0.2, 0.25) is 0 Å². The number of likely N-dealkylation sites (tertiary alicyclic amines) is 1. The molecule has 6 rings (SSSR count). The molecule has 6 fully saturated rings. The molecule has 5 aliphatic carbocycles. The molecule has 0 radical (unpaired) electrons. The van der Waals surface area contributed by atoms with E-state index in [2.05, 4.69) is 5.32 Å². The molecule has 7 nitrogen and oxygen atoms in total. The number of esters is 1. The zero-order valence-corrected chi connectivity index (χ0v) is 18.4. The van der Waals surface area contributed by atoms with E-state index in [0.717, 1.165) is 44.9 Å². The number of aliphatic hydroxyl groups is 1. The molecule has 1 heterocycles. The normalized spacial score (nSPS) is 39.5. The minimum Gasteiger partial charge on any atom is -0.454 e. The molecule has 5 saturated carbocycles. The van der Waals surface area contributed by atoms with E-state index in [-0.39, 0.29) is 42.8 Å². The molecule has 2 amide bonds. The van der Waals surface area contributed by atoms with Crippen molar-refractivity contribution in [1.82, 2.24) is 10.2 Å². The minimum atomic E-state index is -0.780. The Morgan fingerprint density at radius 2 is 1.55 bits per heavy atom. The average molecular weight is 433 g/mol. The molecule has 2 atom stereocenters. The number of hydrogen-bond acceptors (Lipinski definition) is 5. The zero-order chi connectivity index (χ0) is 21.6. The Bertz CT molecular complexity index is 696. The fourth-order valence-corrected chi connectivity index (χ4v) is 7.69. The van der Waals surface area contributed by atoms with Crippen molar-refractivity contribution in [2.45, 2.75) is 95.2 Å². The van der Waals surface area contributed by atoms with E-state index < -0.39 is 18.1 Å². The number of β-amino-alcohol motifs (C(OH)–C–C–N with tert-alkyl or cyclic N) is 1. The summed E-state index contributed by atoms with van der Waals surface area (Å²) in [5.41, 5.74) is -0.351. The molecule has 2 unspecified atom stereocenters. The van der Waals surface area contributed by atoms with E-state index in [1.54, 1.807) is 4.90 Å². The van der Waals surface area contributed by atoms with Crippen LogP contribution in [-0.2, 0) is 19.1 Å². The Labute approximate surface area is 184 Å². The summed E-state index contributed by atoms with van der Waals surface area (Å²) in [6.07, 6.45) is 11.4. The fourth-order valence-electron chi connectivity index (χ4n) is 7.69. The van der Waals surface area contributed by atoms with Gasteiger partial charge in [-0.05, 0) is 69.1 Å². The van der Waals surface area contributed by atoms with Crippen LogP contribution in [0.25, 0.3) is 0 Å². The SMILES string of the molecule is O=C(COC(=O)C1CC(O)CN1C(=O)C12CC3CC(CC(C3)C1)C2)NC1CCCCC1. The molecule has 31 heavy (non-hydrogen) atoms. The molecule has 1 saturated heterocycles. The third kappa shape index (κ3) is 4.22. The van der Waals surface area contributed by atoms with Crippen molar-refractivity contribution >= 4 is 17.8 Å². The number of nitrogens with one attached hydrogen (secondary N) is 1. The van der Waals surface area contributed by atoms with Gasteiger partial charge in [-0.1, -0.05) is 19.3 Å². The molecule has 0 spiro atoms. The summed E-state index contributed by atoms with van der Waals surface area (Å²) in [4.78, 5) is 40.3. The molecule has 172 valence electrons. The van der Waals surface area contributed by atoms with Crippen molar-refractivity contribution < 1.29 is 24.2 Å². The molecule has 0 aromatic carbocycles. The quantitative estimate of drug-likeness (QED) is 0.649. The van der Waals surface area contributed by atoms with Gasteiger partial charge in [0.1, 0.15) is 6.04 Å². The minimum absolute atomic E-state index is 0.0387. The van der Waals surface area contributed by atoms with E-state index in [9.17, 15) is 19.5 Å². The van der Waals surface area contributed by atoms with Crippen LogP contribution in [0, 0.1) is 23.2 Å². The number of carbonyl (C=O) groups is 3.